The first-order chi connectivity index (χ1) is 22.8. The van der Waals surface area contributed by atoms with Gasteiger partial charge in [0.2, 0.25) is 0 Å². The summed E-state index contributed by atoms with van der Waals surface area (Å²) in [5, 5.41) is 0. The summed E-state index contributed by atoms with van der Waals surface area (Å²) < 4.78 is 12.0. The van der Waals surface area contributed by atoms with E-state index in [9.17, 15) is 0 Å². The zero-order valence-electron chi connectivity index (χ0n) is 28.8. The minimum Gasteiger partial charge on any atom is -0.0582 e. The fourth-order valence-corrected chi connectivity index (χ4v) is 8.84. The molecule has 246 valence electrons. The molecule has 6 heteroatoms. The molecule has 6 aromatic rings. The number of benzene rings is 4. The molecule has 1 aliphatic heterocycles. The predicted octanol–water partition coefficient (Wildman–Crippen LogP) is 10.1. The molecule has 0 saturated carbocycles. The third-order valence-corrected chi connectivity index (χ3v) is 13.0. The molecule has 0 atom stereocenters. The molecule has 3 heterocycles. The number of anilines is 3. The Morgan fingerprint density at radius 2 is 1.56 bits per heavy atom. The third-order valence-electron chi connectivity index (χ3n) is 11.8. The van der Waals surface area contributed by atoms with Crippen LogP contribution in [0.4, 0.5) is 17.2 Å². The van der Waals surface area contributed by atoms with Crippen LogP contribution in [0, 0.1) is 28.3 Å². The molecule has 0 unspecified atom stereocenters. The van der Waals surface area contributed by atoms with Gasteiger partial charge in [0.05, 0.1) is 0 Å². The molecule has 0 N–H and O–H groups in total. The molecule has 2 aliphatic rings. The first kappa shape index (κ1) is 31.1. The average molecular weight is 812 g/mol. The van der Waals surface area contributed by atoms with Crippen molar-refractivity contribution in [3.8, 4) is 17.2 Å². The van der Waals surface area contributed by atoms with Crippen LogP contribution in [-0.4, -0.2) is 14.1 Å². The van der Waals surface area contributed by atoms with Gasteiger partial charge in [-0.05, 0) is 45.9 Å². The maximum absolute atomic E-state index is 6.54. The van der Waals surface area contributed by atoms with Crippen LogP contribution in [0.3, 0.4) is 0 Å². The number of nitrogens with zero attached hydrogens (tertiary/aromatic N) is 4. The molecule has 0 saturated heterocycles. The molecule has 1 aliphatic carbocycles. The number of aryl methyl sites for hydroxylation is 2. The molecular weight excluding hydrogens is 772 g/mol. The number of imidazole rings is 1. The van der Waals surface area contributed by atoms with Crippen molar-refractivity contribution in [1.82, 2.24) is 14.1 Å². The van der Waals surface area contributed by atoms with Crippen molar-refractivity contribution in [1.29, 1.82) is 0 Å². The molecule has 8 rings (SSSR count). The van der Waals surface area contributed by atoms with Gasteiger partial charge in [-0.1, -0.05) is 47.6 Å². The van der Waals surface area contributed by atoms with Gasteiger partial charge in [-0.3, -0.25) is 0 Å². The number of aromatic nitrogens is 3. The zero-order valence-corrected chi connectivity index (χ0v) is 31.1. The topological polar surface area (TPSA) is 35.2 Å². The summed E-state index contributed by atoms with van der Waals surface area (Å²) in [6.07, 6.45) is 2.73. The summed E-state index contributed by atoms with van der Waals surface area (Å²) in [5.74, 6) is 2.17. The fraction of sp³-hybridized carbons (Fsp3) is 0.286. The van der Waals surface area contributed by atoms with E-state index in [4.69, 9.17) is 9.72 Å². The van der Waals surface area contributed by atoms with E-state index in [-0.39, 0.29) is 16.2 Å². The average Bonchev–Trinajstić information content (AvgIpc) is 3.37. The molecule has 48 heavy (non-hydrogen) atoms. The smallest absolute Gasteiger partial charge is 0.0582 e. The summed E-state index contributed by atoms with van der Waals surface area (Å²) in [6, 6.07) is 34.8. The second-order valence-corrected chi connectivity index (χ2v) is 15.9. The third kappa shape index (κ3) is 4.32. The Hall–Kier alpha value is -4.21. The summed E-state index contributed by atoms with van der Waals surface area (Å²) in [4.78, 5) is 7.18. The Balaban J connectivity index is 1.24. The first-order valence-corrected chi connectivity index (χ1v) is 17.7. The summed E-state index contributed by atoms with van der Waals surface area (Å²) in [6.45, 7) is 16.7. The van der Waals surface area contributed by atoms with E-state index in [2.05, 4.69) is 156 Å². The quantitative estimate of drug-likeness (QED) is 0.166. The molecule has 0 spiro atoms. The van der Waals surface area contributed by atoms with Crippen molar-refractivity contribution in [2.24, 2.45) is 12.5 Å². The van der Waals surface area contributed by atoms with Crippen LogP contribution in [0.25, 0.3) is 16.7 Å². The van der Waals surface area contributed by atoms with Crippen molar-refractivity contribution in [3.63, 3.8) is 0 Å². The number of pyridine rings is 1. The number of hydrogen-bond acceptors (Lipinski definition) is 3. The van der Waals surface area contributed by atoms with Gasteiger partial charge in [-0.25, -0.2) is 0 Å². The number of rotatable bonds is 4. The standard InChI is InChI=1S/C42H40N4O.Pt/c1-27-20-21-43-38(22-27)46-34-19-18-33-39(41(4,5)42(6,7)40(33,2)3)32(34)23-28-16-17-31(25-37(28)46)47-30-13-11-12-29(24-30)45-26-44(8)35-14-9-10-15-36(35)45;/h9-22H,23H2,1-8H3;/q-2;. The van der Waals surface area contributed by atoms with E-state index in [1.54, 1.807) is 0 Å². The van der Waals surface area contributed by atoms with Crippen LogP contribution in [0.2, 0.25) is 0 Å². The van der Waals surface area contributed by atoms with Gasteiger partial charge in [0, 0.05) is 6.20 Å². The number of para-hydroxylation sites is 2. The molecule has 4 aromatic carbocycles. The number of ether oxygens (including phenoxy) is 1. The molecule has 0 amide bonds. The van der Waals surface area contributed by atoms with Crippen LogP contribution in [0.1, 0.15) is 69.4 Å². The number of hydrogen-bond donors (Lipinski definition) is 0. The SMILES string of the molecule is Cc1ccnc(N2c3[c-]c(Oc4[c-]c(-n5[c](=[Pt])n(C)c6ccccc65)ccc4)ccc3Cc3c2ccc2c3C(C)(C)C(C)(C)C2(C)C)c1. The van der Waals surface area contributed by atoms with E-state index in [1.165, 1.54) is 27.9 Å². The zero-order chi connectivity index (χ0) is 33.7. The Morgan fingerprint density at radius 1 is 0.812 bits per heavy atom. The molecular formula is C42H40N4OPt-2. The minimum atomic E-state index is -0.0199. The van der Waals surface area contributed by atoms with Crippen LogP contribution in [-0.2, 0) is 43.7 Å². The molecule has 2 aromatic heterocycles. The van der Waals surface area contributed by atoms with Crippen molar-refractivity contribution in [2.75, 3.05) is 4.90 Å². The normalized spacial score (nSPS) is 16.8. The Labute approximate surface area is 294 Å². The second-order valence-electron chi connectivity index (χ2n) is 14.9. The van der Waals surface area contributed by atoms with Gasteiger partial charge < -0.3 is 0 Å². The summed E-state index contributed by atoms with van der Waals surface area (Å²) in [5.41, 5.74) is 12.1. The Morgan fingerprint density at radius 3 is 2.33 bits per heavy atom. The molecule has 0 radical (unpaired) electrons. The van der Waals surface area contributed by atoms with E-state index >= 15 is 0 Å². The van der Waals surface area contributed by atoms with E-state index in [0.717, 1.165) is 44.0 Å². The van der Waals surface area contributed by atoms with Crippen LogP contribution in [0.5, 0.6) is 11.5 Å². The van der Waals surface area contributed by atoms with Crippen molar-refractivity contribution in [3.05, 3.63) is 129 Å². The Kier molecular flexibility index (Phi) is 6.89. The van der Waals surface area contributed by atoms with Gasteiger partial charge >= 0.3 is 196 Å². The van der Waals surface area contributed by atoms with Gasteiger partial charge in [0.15, 0.2) is 0 Å². The van der Waals surface area contributed by atoms with Gasteiger partial charge in [0.25, 0.3) is 0 Å². The monoisotopic (exact) mass is 811 g/mol. The minimum absolute atomic E-state index is 0.0199. The van der Waals surface area contributed by atoms with Crippen molar-refractivity contribution < 1.29 is 24.1 Å². The Bertz CT molecular complexity index is 2340. The van der Waals surface area contributed by atoms with Gasteiger partial charge in [-0.15, -0.1) is 0 Å². The van der Waals surface area contributed by atoms with E-state index in [0.29, 0.717) is 11.5 Å². The number of fused-ring (bicyclic) bond motifs is 5. The maximum atomic E-state index is 6.54. The van der Waals surface area contributed by atoms with Crippen LogP contribution >= 0.6 is 0 Å². The summed E-state index contributed by atoms with van der Waals surface area (Å²) in [7, 11) is 2.09. The van der Waals surface area contributed by atoms with Crippen LogP contribution in [0.15, 0.2) is 85.1 Å². The van der Waals surface area contributed by atoms with Gasteiger partial charge in [0.1, 0.15) is 0 Å². The van der Waals surface area contributed by atoms with E-state index < -0.39 is 0 Å². The molecule has 5 nitrogen and oxygen atoms in total. The van der Waals surface area contributed by atoms with Crippen molar-refractivity contribution >= 4 is 28.2 Å². The molecule has 0 bridgehead atoms. The summed E-state index contributed by atoms with van der Waals surface area (Å²) >= 11 is 2.37. The van der Waals surface area contributed by atoms with Crippen LogP contribution < -0.4 is 9.64 Å². The van der Waals surface area contributed by atoms with Crippen molar-refractivity contribution in [2.45, 2.75) is 65.7 Å². The second kappa shape index (κ2) is 10.6. The predicted molar refractivity (Wildman–Crippen MR) is 190 cm³/mol. The van der Waals surface area contributed by atoms with E-state index in [1.807, 2.05) is 30.5 Å². The first-order valence-electron chi connectivity index (χ1n) is 16.6. The molecule has 0 fully saturated rings. The van der Waals surface area contributed by atoms with Gasteiger partial charge in [-0.2, -0.15) is 0 Å². The fourth-order valence-electron chi connectivity index (χ4n) is 8.01.